The fourth-order valence-corrected chi connectivity index (χ4v) is 3.40. The number of ether oxygens (including phenoxy) is 1. The Morgan fingerprint density at radius 1 is 1.17 bits per heavy atom. The molecule has 0 amide bonds. The predicted octanol–water partition coefficient (Wildman–Crippen LogP) is 4.01. The molecule has 1 fully saturated rings. The van der Waals surface area contributed by atoms with Crippen molar-refractivity contribution >= 4 is 0 Å². The summed E-state index contributed by atoms with van der Waals surface area (Å²) >= 11 is 0. The van der Waals surface area contributed by atoms with Gasteiger partial charge in [-0.2, -0.15) is 0 Å². The molecular formula is C20H24FNO2. The van der Waals surface area contributed by atoms with Gasteiger partial charge in [0.1, 0.15) is 11.6 Å². The molecule has 0 heterocycles. The summed E-state index contributed by atoms with van der Waals surface area (Å²) in [5.74, 6) is 0.958. The van der Waals surface area contributed by atoms with Gasteiger partial charge in [-0.05, 0) is 67.7 Å². The zero-order valence-corrected chi connectivity index (χ0v) is 14.4. The summed E-state index contributed by atoms with van der Waals surface area (Å²) in [5, 5.41) is 9.53. The second-order valence-electron chi connectivity index (χ2n) is 6.67. The molecule has 1 saturated carbocycles. The minimum atomic E-state index is -0.262. The number of benzene rings is 2. The van der Waals surface area contributed by atoms with E-state index in [9.17, 15) is 9.50 Å². The lowest BCUT2D eigenvalue weighted by atomic mass is 9.90. The Morgan fingerprint density at radius 2 is 1.92 bits per heavy atom. The standard InChI is InChI=1S/C20H24FNO2/c1-22(2)20(14-5-6-14)18-10-13(12-23)4-8-16(18)17-11-15(24-3)7-9-19(17)21/h4,7-11,14,20,23H,5-6,12H2,1-3H3. The minimum Gasteiger partial charge on any atom is -0.497 e. The lowest BCUT2D eigenvalue weighted by molar-refractivity contribution is 0.267. The number of nitrogens with zero attached hydrogens (tertiary/aromatic N) is 1. The zero-order chi connectivity index (χ0) is 17.3. The van der Waals surface area contributed by atoms with Gasteiger partial charge in [0, 0.05) is 11.6 Å². The van der Waals surface area contributed by atoms with Crippen molar-refractivity contribution in [2.45, 2.75) is 25.5 Å². The van der Waals surface area contributed by atoms with Crippen molar-refractivity contribution in [3.05, 3.63) is 53.3 Å². The molecule has 4 heteroatoms. The van der Waals surface area contributed by atoms with Crippen LogP contribution in [0, 0.1) is 11.7 Å². The molecule has 0 bridgehead atoms. The number of methoxy groups -OCH3 is 1. The van der Waals surface area contributed by atoms with E-state index >= 15 is 0 Å². The van der Waals surface area contributed by atoms with Crippen molar-refractivity contribution in [1.82, 2.24) is 4.90 Å². The van der Waals surface area contributed by atoms with Crippen molar-refractivity contribution in [2.24, 2.45) is 5.92 Å². The van der Waals surface area contributed by atoms with E-state index in [-0.39, 0.29) is 18.5 Å². The van der Waals surface area contributed by atoms with Crippen LogP contribution in [-0.4, -0.2) is 31.2 Å². The Balaban J connectivity index is 2.17. The Hall–Kier alpha value is -1.91. The molecule has 1 N–H and O–H groups in total. The summed E-state index contributed by atoms with van der Waals surface area (Å²) in [6.07, 6.45) is 2.37. The van der Waals surface area contributed by atoms with Crippen molar-refractivity contribution in [3.8, 4) is 16.9 Å². The monoisotopic (exact) mass is 329 g/mol. The topological polar surface area (TPSA) is 32.7 Å². The molecular weight excluding hydrogens is 305 g/mol. The van der Waals surface area contributed by atoms with Crippen LogP contribution in [0.5, 0.6) is 5.75 Å². The number of aliphatic hydroxyl groups is 1. The maximum Gasteiger partial charge on any atom is 0.131 e. The van der Waals surface area contributed by atoms with Crippen LogP contribution >= 0.6 is 0 Å². The van der Waals surface area contributed by atoms with Gasteiger partial charge in [-0.15, -0.1) is 0 Å². The third-order valence-electron chi connectivity index (χ3n) is 4.71. The first-order valence-corrected chi connectivity index (χ1v) is 8.29. The molecule has 0 aromatic heterocycles. The van der Waals surface area contributed by atoms with E-state index < -0.39 is 0 Å². The summed E-state index contributed by atoms with van der Waals surface area (Å²) in [4.78, 5) is 2.19. The molecule has 2 aromatic rings. The van der Waals surface area contributed by atoms with Gasteiger partial charge in [-0.25, -0.2) is 4.39 Å². The van der Waals surface area contributed by atoms with Crippen LogP contribution < -0.4 is 4.74 Å². The molecule has 128 valence electrons. The van der Waals surface area contributed by atoms with E-state index in [2.05, 4.69) is 19.0 Å². The Morgan fingerprint density at radius 3 is 2.50 bits per heavy atom. The van der Waals surface area contributed by atoms with Crippen LogP contribution in [0.3, 0.4) is 0 Å². The number of halogens is 1. The first-order valence-electron chi connectivity index (χ1n) is 8.29. The third-order valence-corrected chi connectivity index (χ3v) is 4.71. The fraction of sp³-hybridized carbons (Fsp3) is 0.400. The number of hydrogen-bond donors (Lipinski definition) is 1. The van der Waals surface area contributed by atoms with Crippen molar-refractivity contribution in [1.29, 1.82) is 0 Å². The fourth-order valence-electron chi connectivity index (χ4n) is 3.40. The van der Waals surface area contributed by atoms with Crippen molar-refractivity contribution in [2.75, 3.05) is 21.2 Å². The molecule has 2 aromatic carbocycles. The first kappa shape index (κ1) is 16.9. The summed E-state index contributed by atoms with van der Waals surface area (Å²) in [6.45, 7) is -0.0152. The molecule has 1 aliphatic rings. The van der Waals surface area contributed by atoms with Crippen LogP contribution in [0.1, 0.15) is 30.0 Å². The Labute approximate surface area is 142 Å². The van der Waals surface area contributed by atoms with Crippen LogP contribution in [0.15, 0.2) is 36.4 Å². The van der Waals surface area contributed by atoms with Gasteiger partial charge in [0.15, 0.2) is 0 Å². The van der Waals surface area contributed by atoms with Crippen molar-refractivity contribution in [3.63, 3.8) is 0 Å². The van der Waals surface area contributed by atoms with Gasteiger partial charge in [-0.3, -0.25) is 0 Å². The molecule has 1 aliphatic carbocycles. The van der Waals surface area contributed by atoms with Crippen LogP contribution in [0.25, 0.3) is 11.1 Å². The number of aliphatic hydroxyl groups excluding tert-OH is 1. The molecule has 0 radical (unpaired) electrons. The van der Waals surface area contributed by atoms with E-state index in [1.807, 2.05) is 18.2 Å². The van der Waals surface area contributed by atoms with Gasteiger partial charge in [0.25, 0.3) is 0 Å². The van der Waals surface area contributed by atoms with Crippen LogP contribution in [-0.2, 0) is 6.61 Å². The quantitative estimate of drug-likeness (QED) is 0.869. The van der Waals surface area contributed by atoms with E-state index in [0.29, 0.717) is 17.2 Å². The molecule has 1 atom stereocenters. The summed E-state index contributed by atoms with van der Waals surface area (Å²) < 4.78 is 19.8. The first-order chi connectivity index (χ1) is 11.5. The van der Waals surface area contributed by atoms with Crippen LogP contribution in [0.2, 0.25) is 0 Å². The average molecular weight is 329 g/mol. The van der Waals surface area contributed by atoms with Crippen molar-refractivity contribution < 1.29 is 14.2 Å². The maximum absolute atomic E-state index is 14.5. The Bertz CT molecular complexity index is 724. The SMILES string of the molecule is COc1ccc(F)c(-c2ccc(CO)cc2C(C2CC2)N(C)C)c1. The second kappa shape index (κ2) is 6.91. The largest absolute Gasteiger partial charge is 0.497 e. The highest BCUT2D eigenvalue weighted by Gasteiger charge is 2.35. The maximum atomic E-state index is 14.5. The highest BCUT2D eigenvalue weighted by Crippen LogP contribution is 2.47. The average Bonchev–Trinajstić information content (AvgIpc) is 3.40. The van der Waals surface area contributed by atoms with E-state index in [0.717, 1.165) is 16.7 Å². The third kappa shape index (κ3) is 3.30. The summed E-state index contributed by atoms with van der Waals surface area (Å²) in [6, 6.07) is 10.8. The molecule has 0 spiro atoms. The lowest BCUT2D eigenvalue weighted by Crippen LogP contribution is -2.22. The molecule has 1 unspecified atom stereocenters. The molecule has 3 nitrogen and oxygen atoms in total. The smallest absolute Gasteiger partial charge is 0.131 e. The second-order valence-corrected chi connectivity index (χ2v) is 6.67. The summed E-state index contributed by atoms with van der Waals surface area (Å²) in [5.41, 5.74) is 3.33. The lowest BCUT2D eigenvalue weighted by Gasteiger charge is -2.28. The summed E-state index contributed by atoms with van der Waals surface area (Å²) in [7, 11) is 5.69. The minimum absolute atomic E-state index is 0.0152. The Kier molecular flexibility index (Phi) is 4.88. The van der Waals surface area contributed by atoms with E-state index in [4.69, 9.17) is 4.74 Å². The van der Waals surface area contributed by atoms with Gasteiger partial charge in [0.2, 0.25) is 0 Å². The van der Waals surface area contributed by atoms with Gasteiger partial charge >= 0.3 is 0 Å². The van der Waals surface area contributed by atoms with E-state index in [1.165, 1.54) is 18.9 Å². The molecule has 0 saturated heterocycles. The highest BCUT2D eigenvalue weighted by atomic mass is 19.1. The van der Waals surface area contributed by atoms with Gasteiger partial charge in [0.05, 0.1) is 13.7 Å². The predicted molar refractivity (Wildman–Crippen MR) is 93.5 cm³/mol. The number of hydrogen-bond acceptors (Lipinski definition) is 3. The van der Waals surface area contributed by atoms with Gasteiger partial charge in [-0.1, -0.05) is 18.2 Å². The molecule has 3 rings (SSSR count). The zero-order valence-electron chi connectivity index (χ0n) is 14.4. The van der Waals surface area contributed by atoms with Gasteiger partial charge < -0.3 is 14.7 Å². The van der Waals surface area contributed by atoms with Crippen LogP contribution in [0.4, 0.5) is 4.39 Å². The molecule has 24 heavy (non-hydrogen) atoms. The number of rotatable bonds is 6. The molecule has 0 aliphatic heterocycles. The van der Waals surface area contributed by atoms with E-state index in [1.54, 1.807) is 19.2 Å². The normalized spacial score (nSPS) is 15.6. The highest BCUT2D eigenvalue weighted by molar-refractivity contribution is 5.70.